The van der Waals surface area contributed by atoms with E-state index < -0.39 is 0 Å². The van der Waals surface area contributed by atoms with Crippen LogP contribution in [-0.2, 0) is 6.42 Å². The third-order valence-electron chi connectivity index (χ3n) is 5.39. The first-order chi connectivity index (χ1) is 12.8. The Morgan fingerprint density at radius 1 is 1.15 bits per heavy atom. The van der Waals surface area contributed by atoms with E-state index in [1.54, 1.807) is 4.68 Å². The van der Waals surface area contributed by atoms with Crippen molar-refractivity contribution in [1.29, 1.82) is 0 Å². The van der Waals surface area contributed by atoms with Crippen molar-refractivity contribution in [3.63, 3.8) is 0 Å². The standard InChI is InChI=1S/C18H16N8/c1-11-6-12(11)7-13-9-25(23-20-13)18-22-21-17-14-4-2-3-5-15(14)24-10-19-8-16(24)26(17)18/h2-5,8-12H,6-7H2,1H3. The Bertz CT molecular complexity index is 1280. The van der Waals surface area contributed by atoms with Gasteiger partial charge in [-0.25, -0.2) is 9.38 Å². The molecule has 0 radical (unpaired) electrons. The van der Waals surface area contributed by atoms with Crippen LogP contribution in [0.3, 0.4) is 0 Å². The first kappa shape index (κ1) is 13.9. The normalized spacial score (nSPS) is 19.7. The Kier molecular flexibility index (Phi) is 2.61. The zero-order valence-electron chi connectivity index (χ0n) is 14.2. The maximum absolute atomic E-state index is 4.43. The summed E-state index contributed by atoms with van der Waals surface area (Å²) in [5.74, 6) is 2.16. The molecule has 0 spiro atoms. The molecule has 0 saturated heterocycles. The zero-order valence-corrected chi connectivity index (χ0v) is 14.2. The molecule has 1 aromatic carbocycles. The fraction of sp³-hybridized carbons (Fsp3) is 0.278. The maximum Gasteiger partial charge on any atom is 0.259 e. The van der Waals surface area contributed by atoms with E-state index in [2.05, 4.69) is 38.5 Å². The fourth-order valence-electron chi connectivity index (χ4n) is 3.76. The lowest BCUT2D eigenvalue weighted by atomic mass is 10.2. The van der Waals surface area contributed by atoms with Gasteiger partial charge in [-0.1, -0.05) is 24.3 Å². The quantitative estimate of drug-likeness (QED) is 0.502. The van der Waals surface area contributed by atoms with E-state index in [-0.39, 0.29) is 0 Å². The Balaban J connectivity index is 1.58. The van der Waals surface area contributed by atoms with Crippen molar-refractivity contribution >= 4 is 22.2 Å². The van der Waals surface area contributed by atoms with Gasteiger partial charge in [0.05, 0.1) is 23.6 Å². The second-order valence-electron chi connectivity index (χ2n) is 7.13. The number of imidazole rings is 1. The minimum atomic E-state index is 0.624. The third-order valence-corrected chi connectivity index (χ3v) is 5.39. The van der Waals surface area contributed by atoms with Crippen LogP contribution in [0.25, 0.3) is 28.1 Å². The number of fused-ring (bicyclic) bond motifs is 6. The number of rotatable bonds is 3. The van der Waals surface area contributed by atoms with Gasteiger partial charge in [0.25, 0.3) is 5.95 Å². The van der Waals surface area contributed by atoms with Gasteiger partial charge >= 0.3 is 0 Å². The Morgan fingerprint density at radius 2 is 2.04 bits per heavy atom. The highest BCUT2D eigenvalue weighted by Gasteiger charge is 2.33. The summed E-state index contributed by atoms with van der Waals surface area (Å²) in [4.78, 5) is 4.32. The van der Waals surface area contributed by atoms with Gasteiger partial charge in [-0.3, -0.25) is 4.40 Å². The molecule has 2 atom stereocenters. The Morgan fingerprint density at radius 3 is 2.92 bits per heavy atom. The van der Waals surface area contributed by atoms with E-state index in [0.717, 1.165) is 46.1 Å². The molecule has 0 amide bonds. The van der Waals surface area contributed by atoms with E-state index in [0.29, 0.717) is 5.95 Å². The van der Waals surface area contributed by atoms with Crippen LogP contribution in [0.15, 0.2) is 43.0 Å². The molecule has 1 aliphatic rings. The van der Waals surface area contributed by atoms with Crippen molar-refractivity contribution in [1.82, 2.24) is 39.0 Å². The van der Waals surface area contributed by atoms with Crippen LogP contribution in [0.5, 0.6) is 0 Å². The largest absolute Gasteiger partial charge is 0.284 e. The minimum Gasteiger partial charge on any atom is -0.284 e. The molecule has 8 heteroatoms. The van der Waals surface area contributed by atoms with Crippen LogP contribution in [0, 0.1) is 11.8 Å². The van der Waals surface area contributed by atoms with Crippen molar-refractivity contribution in [2.75, 3.05) is 0 Å². The van der Waals surface area contributed by atoms with E-state index in [1.807, 2.05) is 45.7 Å². The molecule has 8 nitrogen and oxygen atoms in total. The first-order valence-electron chi connectivity index (χ1n) is 8.79. The van der Waals surface area contributed by atoms with Crippen molar-refractivity contribution in [3.8, 4) is 5.95 Å². The molecule has 4 aromatic heterocycles. The molecule has 0 N–H and O–H groups in total. The number of para-hydroxylation sites is 1. The van der Waals surface area contributed by atoms with E-state index in [1.165, 1.54) is 6.42 Å². The smallest absolute Gasteiger partial charge is 0.259 e. The summed E-state index contributed by atoms with van der Waals surface area (Å²) in [5.41, 5.74) is 3.73. The number of hydrogen-bond acceptors (Lipinski definition) is 5. The SMILES string of the molecule is CC1CC1Cc1cn(-c2nnc3c4ccccc4n4cncc4n23)nn1. The van der Waals surface area contributed by atoms with Crippen molar-refractivity contribution < 1.29 is 0 Å². The predicted octanol–water partition coefficient (Wildman–Crippen LogP) is 2.31. The summed E-state index contributed by atoms with van der Waals surface area (Å²) in [6, 6.07) is 8.12. The molecule has 1 aliphatic carbocycles. The summed E-state index contributed by atoms with van der Waals surface area (Å²) in [7, 11) is 0. The molecule has 128 valence electrons. The van der Waals surface area contributed by atoms with Gasteiger partial charge in [0.1, 0.15) is 12.0 Å². The van der Waals surface area contributed by atoms with E-state index in [9.17, 15) is 0 Å². The molecule has 6 rings (SSSR count). The monoisotopic (exact) mass is 344 g/mol. The maximum atomic E-state index is 4.43. The molecule has 2 unspecified atom stereocenters. The van der Waals surface area contributed by atoms with Gasteiger partial charge in [-0.15, -0.1) is 15.3 Å². The van der Waals surface area contributed by atoms with Crippen LogP contribution >= 0.6 is 0 Å². The van der Waals surface area contributed by atoms with Gasteiger partial charge in [0, 0.05) is 5.39 Å². The molecule has 4 heterocycles. The van der Waals surface area contributed by atoms with Gasteiger partial charge in [0.15, 0.2) is 5.65 Å². The molecular weight excluding hydrogens is 328 g/mol. The number of aromatic nitrogens is 8. The lowest BCUT2D eigenvalue weighted by molar-refractivity contribution is 0.719. The third kappa shape index (κ3) is 1.86. The van der Waals surface area contributed by atoms with Gasteiger partial charge < -0.3 is 0 Å². The van der Waals surface area contributed by atoms with Gasteiger partial charge in [-0.05, 0) is 36.8 Å². The Hall–Kier alpha value is -3.29. The lowest BCUT2D eigenvalue weighted by Crippen LogP contribution is -2.04. The van der Waals surface area contributed by atoms with Gasteiger partial charge in [0.2, 0.25) is 0 Å². The topological polar surface area (TPSA) is 78.2 Å². The summed E-state index contributed by atoms with van der Waals surface area (Å²) < 4.78 is 5.73. The van der Waals surface area contributed by atoms with E-state index in [4.69, 9.17) is 0 Å². The summed E-state index contributed by atoms with van der Waals surface area (Å²) >= 11 is 0. The second kappa shape index (κ2) is 4.87. The molecule has 1 fully saturated rings. The Labute approximate surface area is 148 Å². The van der Waals surface area contributed by atoms with Crippen LogP contribution in [0.1, 0.15) is 19.0 Å². The highest BCUT2D eigenvalue weighted by Crippen LogP contribution is 2.39. The van der Waals surface area contributed by atoms with Crippen LogP contribution in [0.2, 0.25) is 0 Å². The predicted molar refractivity (Wildman–Crippen MR) is 95.1 cm³/mol. The van der Waals surface area contributed by atoms with Gasteiger partial charge in [-0.2, -0.15) is 4.68 Å². The van der Waals surface area contributed by atoms with Crippen LogP contribution in [-0.4, -0.2) is 39.0 Å². The highest BCUT2D eigenvalue weighted by atomic mass is 15.5. The van der Waals surface area contributed by atoms with Crippen molar-refractivity contribution in [2.45, 2.75) is 19.8 Å². The number of nitrogens with zero attached hydrogens (tertiary/aromatic N) is 8. The second-order valence-corrected chi connectivity index (χ2v) is 7.13. The molecule has 1 saturated carbocycles. The highest BCUT2D eigenvalue weighted by molar-refractivity contribution is 5.94. The summed E-state index contributed by atoms with van der Waals surface area (Å²) in [5, 5.41) is 18.5. The minimum absolute atomic E-state index is 0.624. The van der Waals surface area contributed by atoms with E-state index >= 15 is 0 Å². The zero-order chi connectivity index (χ0) is 17.3. The number of hydrogen-bond donors (Lipinski definition) is 0. The van der Waals surface area contributed by atoms with Crippen molar-refractivity contribution in [3.05, 3.63) is 48.7 Å². The average Bonchev–Trinajstić information content (AvgIpc) is 3.14. The average molecular weight is 344 g/mol. The van der Waals surface area contributed by atoms with Crippen molar-refractivity contribution in [2.24, 2.45) is 11.8 Å². The van der Waals surface area contributed by atoms with Crippen LogP contribution < -0.4 is 0 Å². The number of benzene rings is 1. The molecule has 0 aliphatic heterocycles. The lowest BCUT2D eigenvalue weighted by Gasteiger charge is -2.06. The first-order valence-corrected chi connectivity index (χ1v) is 8.79. The molecule has 5 aromatic rings. The van der Waals surface area contributed by atoms with Crippen LogP contribution in [0.4, 0.5) is 0 Å². The molecule has 26 heavy (non-hydrogen) atoms. The molecule has 0 bridgehead atoms. The molecular formula is C18H16N8. The summed E-state index contributed by atoms with van der Waals surface area (Å²) in [6.07, 6.45) is 7.84. The summed E-state index contributed by atoms with van der Waals surface area (Å²) in [6.45, 7) is 2.28. The fourth-order valence-corrected chi connectivity index (χ4v) is 3.76.